The van der Waals surface area contributed by atoms with E-state index in [0.717, 1.165) is 16.6 Å². The summed E-state index contributed by atoms with van der Waals surface area (Å²) in [5, 5.41) is 9.24. The Balaban J connectivity index is 1.75. The van der Waals surface area contributed by atoms with E-state index in [4.69, 9.17) is 16.3 Å². The molecule has 1 aliphatic rings. The number of halogens is 5. The maximum atomic E-state index is 13.6. The Morgan fingerprint density at radius 1 is 1.05 bits per heavy atom. The van der Waals surface area contributed by atoms with E-state index in [1.165, 1.54) is 17.1 Å². The summed E-state index contributed by atoms with van der Waals surface area (Å²) in [5.74, 6) is -1.08. The number of alkyl halides is 3. The lowest BCUT2D eigenvalue weighted by Gasteiger charge is -2.29. The van der Waals surface area contributed by atoms with E-state index < -0.39 is 29.0 Å². The van der Waals surface area contributed by atoms with Crippen LogP contribution in [0.15, 0.2) is 82.4 Å². The lowest BCUT2D eigenvalue weighted by atomic mass is 9.74. The van der Waals surface area contributed by atoms with Gasteiger partial charge >= 0.3 is 12.1 Å². The lowest BCUT2D eigenvalue weighted by molar-refractivity contribution is -0.147. The van der Waals surface area contributed by atoms with Gasteiger partial charge in [-0.3, -0.25) is 14.6 Å². The van der Waals surface area contributed by atoms with E-state index in [1.54, 1.807) is 55.5 Å². The number of rotatable bonds is 7. The second-order valence-electron chi connectivity index (χ2n) is 8.53. The quantitative estimate of drug-likeness (QED) is 0.321. The normalized spacial score (nSPS) is 17.2. The molecule has 3 aromatic rings. The first kappa shape index (κ1) is 27.7. The van der Waals surface area contributed by atoms with Crippen LogP contribution in [0.1, 0.15) is 23.6 Å². The molecule has 4 rings (SSSR count). The van der Waals surface area contributed by atoms with Crippen LogP contribution < -0.4 is 5.32 Å². The van der Waals surface area contributed by atoms with Crippen LogP contribution in [0, 0.1) is 0 Å². The highest BCUT2D eigenvalue weighted by atomic mass is 79.9. The number of anilines is 1. The molecule has 1 aliphatic heterocycles. The van der Waals surface area contributed by atoms with Crippen LogP contribution in [-0.4, -0.2) is 42.3 Å². The molecule has 1 unspecified atom stereocenters. The molecule has 0 fully saturated rings. The summed E-state index contributed by atoms with van der Waals surface area (Å²) in [6, 6.07) is 17.9. The third kappa shape index (κ3) is 5.86. The van der Waals surface area contributed by atoms with Crippen molar-refractivity contribution in [3.63, 3.8) is 0 Å². The summed E-state index contributed by atoms with van der Waals surface area (Å²) in [7, 11) is 0. The molecule has 198 valence electrons. The van der Waals surface area contributed by atoms with Crippen molar-refractivity contribution in [3.05, 3.63) is 99.0 Å². The van der Waals surface area contributed by atoms with Crippen LogP contribution in [-0.2, 0) is 25.9 Å². The summed E-state index contributed by atoms with van der Waals surface area (Å²) in [5.41, 5.74) is -0.866. The number of hydrogen-bond donors (Lipinski definition) is 1. The van der Waals surface area contributed by atoms with Crippen LogP contribution in [0.2, 0.25) is 5.02 Å². The maximum absolute atomic E-state index is 13.6. The van der Waals surface area contributed by atoms with Gasteiger partial charge < -0.3 is 10.1 Å². The number of hydrogen-bond acceptors (Lipinski definition) is 5. The van der Waals surface area contributed by atoms with Crippen molar-refractivity contribution < 1.29 is 27.5 Å². The molecule has 1 atom stereocenters. The maximum Gasteiger partial charge on any atom is 0.416 e. The predicted molar refractivity (Wildman–Crippen MR) is 142 cm³/mol. The minimum Gasteiger partial charge on any atom is -0.465 e. The second-order valence-corrected chi connectivity index (χ2v) is 9.89. The molecule has 0 saturated carbocycles. The van der Waals surface area contributed by atoms with Crippen LogP contribution in [0.25, 0.3) is 0 Å². The van der Waals surface area contributed by atoms with Gasteiger partial charge in [-0.2, -0.15) is 18.3 Å². The minimum absolute atomic E-state index is 0.0408. The van der Waals surface area contributed by atoms with E-state index >= 15 is 0 Å². The molecule has 6 nitrogen and oxygen atoms in total. The molecule has 0 spiro atoms. The number of carbonyl (C=O) groups excluding carboxylic acids is 2. The molecule has 0 radical (unpaired) electrons. The van der Waals surface area contributed by atoms with E-state index in [1.807, 2.05) is 0 Å². The van der Waals surface area contributed by atoms with Crippen molar-refractivity contribution in [1.82, 2.24) is 5.01 Å². The molecule has 0 bridgehead atoms. The Kier molecular flexibility index (Phi) is 8.13. The summed E-state index contributed by atoms with van der Waals surface area (Å²) in [6.45, 7) is 1.34. The van der Waals surface area contributed by atoms with Gasteiger partial charge in [0.15, 0.2) is 5.41 Å². The standard InChI is InChI=1S/C27H22BrClF3N3O3/c1-2-38-25(37)26(18-5-7-19(8-6-18)27(30,31)32)16-35(34-24(26)17-3-11-21(29)12-4-17)15-23(36)33-22-13-9-20(28)10-14-22/h3-14H,2,15-16H2,1H3,(H,33,36). The third-order valence-electron chi connectivity index (χ3n) is 5.97. The van der Waals surface area contributed by atoms with E-state index in [0.29, 0.717) is 16.3 Å². The van der Waals surface area contributed by atoms with E-state index in [2.05, 4.69) is 26.3 Å². The fourth-order valence-electron chi connectivity index (χ4n) is 4.22. The van der Waals surface area contributed by atoms with Crippen LogP contribution in [0.5, 0.6) is 0 Å². The summed E-state index contributed by atoms with van der Waals surface area (Å²) in [6.07, 6.45) is -4.55. The number of esters is 1. The van der Waals surface area contributed by atoms with Crippen molar-refractivity contribution in [2.75, 3.05) is 25.0 Å². The molecule has 1 heterocycles. The zero-order valence-corrected chi connectivity index (χ0v) is 22.4. The molecule has 0 aliphatic carbocycles. The summed E-state index contributed by atoms with van der Waals surface area (Å²) >= 11 is 9.40. The van der Waals surface area contributed by atoms with Crippen molar-refractivity contribution in [1.29, 1.82) is 0 Å². The zero-order valence-electron chi connectivity index (χ0n) is 20.1. The van der Waals surface area contributed by atoms with Crippen LogP contribution in [0.4, 0.5) is 18.9 Å². The lowest BCUT2D eigenvalue weighted by Crippen LogP contribution is -2.48. The van der Waals surface area contributed by atoms with Gasteiger partial charge in [0, 0.05) is 15.2 Å². The molecule has 11 heteroatoms. The van der Waals surface area contributed by atoms with Gasteiger partial charge in [0.2, 0.25) is 5.91 Å². The topological polar surface area (TPSA) is 71.0 Å². The second kappa shape index (κ2) is 11.2. The molecule has 0 saturated heterocycles. The number of benzene rings is 3. The molecular weight excluding hydrogens is 587 g/mol. The van der Waals surface area contributed by atoms with Gasteiger partial charge in [-0.15, -0.1) is 0 Å². The van der Waals surface area contributed by atoms with Crippen molar-refractivity contribution in [2.24, 2.45) is 5.10 Å². The van der Waals surface area contributed by atoms with E-state index in [9.17, 15) is 22.8 Å². The van der Waals surface area contributed by atoms with Gasteiger partial charge in [0.25, 0.3) is 0 Å². The predicted octanol–water partition coefficient (Wildman–Crippen LogP) is 6.28. The monoisotopic (exact) mass is 607 g/mol. The minimum atomic E-state index is -4.55. The average Bonchev–Trinajstić information content (AvgIpc) is 3.25. The van der Waals surface area contributed by atoms with E-state index in [-0.39, 0.29) is 31.0 Å². The highest BCUT2D eigenvalue weighted by Crippen LogP contribution is 2.39. The number of nitrogens with zero attached hydrogens (tertiary/aromatic N) is 2. The van der Waals surface area contributed by atoms with Crippen molar-refractivity contribution in [2.45, 2.75) is 18.5 Å². The summed E-state index contributed by atoms with van der Waals surface area (Å²) in [4.78, 5) is 26.4. The highest BCUT2D eigenvalue weighted by Gasteiger charge is 2.53. The number of hydrazone groups is 1. The largest absolute Gasteiger partial charge is 0.465 e. The van der Waals surface area contributed by atoms with Gasteiger partial charge in [0.1, 0.15) is 6.54 Å². The Bertz CT molecular complexity index is 1350. The summed E-state index contributed by atoms with van der Waals surface area (Å²) < 4.78 is 46.1. The van der Waals surface area contributed by atoms with Crippen molar-refractivity contribution >= 4 is 50.8 Å². The fourth-order valence-corrected chi connectivity index (χ4v) is 4.61. The Labute approximate surface area is 230 Å². The van der Waals surface area contributed by atoms with Crippen molar-refractivity contribution in [3.8, 4) is 0 Å². The SMILES string of the molecule is CCOC(=O)C1(c2ccc(C(F)(F)F)cc2)CN(CC(=O)Nc2ccc(Br)cc2)N=C1c1ccc(Cl)cc1. The Morgan fingerprint density at radius 2 is 1.68 bits per heavy atom. The van der Waals surface area contributed by atoms with Gasteiger partial charge in [-0.05, 0) is 66.6 Å². The Morgan fingerprint density at radius 3 is 2.26 bits per heavy atom. The van der Waals surface area contributed by atoms with Gasteiger partial charge in [0.05, 0.1) is 24.4 Å². The van der Waals surface area contributed by atoms with Gasteiger partial charge in [-0.25, -0.2) is 0 Å². The fraction of sp³-hybridized carbons (Fsp3) is 0.222. The zero-order chi connectivity index (χ0) is 27.5. The first-order chi connectivity index (χ1) is 18.0. The molecule has 1 N–H and O–H groups in total. The van der Waals surface area contributed by atoms with Gasteiger partial charge in [-0.1, -0.05) is 51.8 Å². The number of amides is 1. The highest BCUT2D eigenvalue weighted by molar-refractivity contribution is 9.10. The molecule has 38 heavy (non-hydrogen) atoms. The first-order valence-corrected chi connectivity index (χ1v) is 12.7. The van der Waals surface area contributed by atoms with Crippen LogP contribution in [0.3, 0.4) is 0 Å². The number of carbonyl (C=O) groups is 2. The number of nitrogens with one attached hydrogen (secondary N) is 1. The molecule has 3 aromatic carbocycles. The van der Waals surface area contributed by atoms with Crippen LogP contribution >= 0.6 is 27.5 Å². The number of ether oxygens (including phenoxy) is 1. The third-order valence-corrected chi connectivity index (χ3v) is 6.75. The average molecular weight is 609 g/mol. The smallest absolute Gasteiger partial charge is 0.416 e. The molecule has 1 amide bonds. The molecular formula is C27H22BrClF3N3O3. The first-order valence-electron chi connectivity index (χ1n) is 11.5. The Hall–Kier alpha value is -3.37. The molecule has 0 aromatic heterocycles.